The summed E-state index contributed by atoms with van der Waals surface area (Å²) in [5.74, 6) is 3.28. The zero-order valence-corrected chi connectivity index (χ0v) is 32.1. The minimum atomic E-state index is -1.34. The molecule has 2 bridgehead atoms. The monoisotopic (exact) mass is 828 g/mol. The van der Waals surface area contributed by atoms with Crippen LogP contribution in [-0.2, 0) is 26.5 Å². The van der Waals surface area contributed by atoms with E-state index >= 15 is 0 Å². The predicted octanol–water partition coefficient (Wildman–Crippen LogP) is 10.4. The van der Waals surface area contributed by atoms with Crippen LogP contribution >= 0.6 is 0 Å². The molecular weight excluding hydrogens is 783 g/mol. The smallest absolute Gasteiger partial charge is 0.216 e. The summed E-state index contributed by atoms with van der Waals surface area (Å²) in [5, 5.41) is 3.60. The molecule has 3 aliphatic carbocycles. The zero-order valence-electron chi connectivity index (χ0n) is 28.7. The largest absolute Gasteiger partial charge is 0.486 e. The van der Waals surface area contributed by atoms with Crippen molar-refractivity contribution in [2.75, 3.05) is 0 Å². The van der Waals surface area contributed by atoms with Gasteiger partial charge in [-0.15, -0.1) is 54.1 Å². The third-order valence-electron chi connectivity index (χ3n) is 10.3. The van der Waals surface area contributed by atoms with Crippen molar-refractivity contribution in [1.29, 1.82) is 0 Å². The first-order valence-corrected chi connectivity index (χ1v) is 20.9. The molecule has 6 aromatic rings. The second kappa shape index (κ2) is 14.6. The van der Waals surface area contributed by atoms with Crippen LogP contribution in [0, 0.1) is 29.9 Å². The van der Waals surface area contributed by atoms with Crippen LogP contribution in [0.2, 0.25) is 19.6 Å². The van der Waals surface area contributed by atoms with Gasteiger partial charge in [0.15, 0.2) is 0 Å². The quantitative estimate of drug-likeness (QED) is 0.124. The Labute approximate surface area is 300 Å². The Kier molecular flexibility index (Phi) is 10.5. The topological polar surface area (TPSA) is 51.8 Å². The number of rotatable bonds is 6. The van der Waals surface area contributed by atoms with E-state index in [4.69, 9.17) is 4.42 Å². The number of aromatic nitrogens is 3. The van der Waals surface area contributed by atoms with Gasteiger partial charge in [-0.05, 0) is 84.1 Å². The van der Waals surface area contributed by atoms with E-state index in [0.29, 0.717) is 11.6 Å². The first-order chi connectivity index (χ1) is 22.7. The summed E-state index contributed by atoms with van der Waals surface area (Å²) >= 11 is 0. The maximum Gasteiger partial charge on any atom is 0.216 e. The van der Waals surface area contributed by atoms with Crippen LogP contribution in [0.5, 0.6) is 0 Å². The van der Waals surface area contributed by atoms with Crippen LogP contribution in [0.4, 0.5) is 0 Å². The van der Waals surface area contributed by atoms with Gasteiger partial charge in [0, 0.05) is 44.1 Å². The molecule has 6 heteroatoms. The van der Waals surface area contributed by atoms with E-state index in [0.717, 1.165) is 56.6 Å². The van der Waals surface area contributed by atoms with Crippen LogP contribution in [0.25, 0.3) is 44.6 Å². The molecule has 9 rings (SSSR count). The Hall–Kier alpha value is -3.44. The normalized spacial score (nSPS) is 18.8. The minimum Gasteiger partial charge on any atom is -0.486 e. The maximum absolute atomic E-state index is 6.09. The maximum atomic E-state index is 6.09. The van der Waals surface area contributed by atoms with E-state index in [1.165, 1.54) is 54.8 Å². The van der Waals surface area contributed by atoms with E-state index in [1.54, 1.807) is 6.20 Å². The molecule has 4 heterocycles. The molecule has 2 aromatic carbocycles. The average Bonchev–Trinajstić information content (AvgIpc) is 3.48. The van der Waals surface area contributed by atoms with Crippen molar-refractivity contribution in [2.24, 2.45) is 17.8 Å². The molecular formula is C42H45IrN3OSi-2. The Morgan fingerprint density at radius 3 is 2.38 bits per heavy atom. The van der Waals surface area contributed by atoms with Gasteiger partial charge >= 0.3 is 0 Å². The first kappa shape index (κ1) is 34.4. The average molecular weight is 828 g/mol. The number of hydrogen-bond acceptors (Lipinski definition) is 4. The van der Waals surface area contributed by atoms with Gasteiger partial charge in [-0.1, -0.05) is 80.5 Å². The molecule has 0 aliphatic heterocycles. The Bertz CT molecular complexity index is 1990. The van der Waals surface area contributed by atoms with Gasteiger partial charge in [-0.3, -0.25) is 0 Å². The van der Waals surface area contributed by atoms with Gasteiger partial charge in [0.1, 0.15) is 0 Å². The molecule has 3 fully saturated rings. The van der Waals surface area contributed by atoms with E-state index in [1.807, 2.05) is 36.5 Å². The summed E-state index contributed by atoms with van der Waals surface area (Å²) in [6.07, 6.45) is 14.2. The van der Waals surface area contributed by atoms with Crippen molar-refractivity contribution in [3.63, 3.8) is 0 Å². The van der Waals surface area contributed by atoms with Crippen molar-refractivity contribution in [3.05, 3.63) is 109 Å². The second-order valence-corrected chi connectivity index (χ2v) is 20.0. The standard InChI is InChI=1S/C25H23N2O.C17H22NSi.Ir/c1-3-20-21-5-2-11-27-25(21)28-24(20)22(4-1)23-15-17(10-12-26-23)14-19-13-16-6-8-18(19)9-7-16;1-13(2)15-11-16(14-9-7-6-8-10-14)18-12-17(15)19(3,4)5;/h1-3,5,10-12,15-16,18-19H,6-9,13-14H2;6-9,11-13H,1-5H3;/q2*-1;. The van der Waals surface area contributed by atoms with Crippen molar-refractivity contribution in [1.82, 2.24) is 15.0 Å². The van der Waals surface area contributed by atoms with E-state index in [-0.39, 0.29) is 20.1 Å². The van der Waals surface area contributed by atoms with Crippen LogP contribution in [0.1, 0.15) is 63.0 Å². The summed E-state index contributed by atoms with van der Waals surface area (Å²) in [7, 11) is -1.34. The number of nitrogens with zero attached hydrogens (tertiary/aromatic N) is 3. The van der Waals surface area contributed by atoms with Gasteiger partial charge in [-0.2, -0.15) is 0 Å². The molecule has 3 aliphatic rings. The minimum absolute atomic E-state index is 0. The molecule has 0 spiro atoms. The first-order valence-electron chi connectivity index (χ1n) is 17.4. The van der Waals surface area contributed by atoms with E-state index in [2.05, 4.69) is 103 Å². The van der Waals surface area contributed by atoms with Crippen molar-refractivity contribution in [2.45, 2.75) is 77.9 Å². The summed E-state index contributed by atoms with van der Waals surface area (Å²) in [6, 6.07) is 29.4. The Balaban J connectivity index is 0.000000177. The van der Waals surface area contributed by atoms with Crippen LogP contribution in [0.15, 0.2) is 89.7 Å². The summed E-state index contributed by atoms with van der Waals surface area (Å²) in [6.45, 7) is 11.7. The second-order valence-electron chi connectivity index (χ2n) is 14.9. The van der Waals surface area contributed by atoms with Crippen LogP contribution in [-0.4, -0.2) is 23.0 Å². The van der Waals surface area contributed by atoms with Gasteiger partial charge < -0.3 is 14.4 Å². The molecule has 4 nitrogen and oxygen atoms in total. The van der Waals surface area contributed by atoms with Gasteiger partial charge in [-0.25, -0.2) is 4.98 Å². The molecule has 1 atom stereocenters. The zero-order chi connectivity index (χ0) is 32.5. The summed E-state index contributed by atoms with van der Waals surface area (Å²) in [4.78, 5) is 13.7. The third-order valence-corrected chi connectivity index (χ3v) is 12.4. The molecule has 4 aromatic heterocycles. The Morgan fingerprint density at radius 2 is 1.67 bits per heavy atom. The predicted molar refractivity (Wildman–Crippen MR) is 196 cm³/mol. The molecule has 249 valence electrons. The fraction of sp³-hybridized carbons (Fsp3) is 0.357. The van der Waals surface area contributed by atoms with Gasteiger partial charge in [0.05, 0.1) is 13.7 Å². The van der Waals surface area contributed by atoms with E-state index < -0.39 is 8.07 Å². The third kappa shape index (κ3) is 7.27. The number of hydrogen-bond donors (Lipinski definition) is 0. The number of benzene rings is 2. The van der Waals surface area contributed by atoms with Gasteiger partial charge in [0.2, 0.25) is 5.71 Å². The molecule has 0 saturated heterocycles. The van der Waals surface area contributed by atoms with E-state index in [9.17, 15) is 0 Å². The molecule has 0 N–H and O–H groups in total. The molecule has 1 radical (unpaired) electrons. The van der Waals surface area contributed by atoms with Gasteiger partial charge in [0.25, 0.3) is 0 Å². The number of pyridine rings is 3. The number of fused-ring (bicyclic) bond motifs is 6. The molecule has 3 saturated carbocycles. The fourth-order valence-corrected chi connectivity index (χ4v) is 9.53. The van der Waals surface area contributed by atoms with Crippen molar-refractivity contribution >= 4 is 35.3 Å². The van der Waals surface area contributed by atoms with Crippen molar-refractivity contribution < 1.29 is 24.5 Å². The van der Waals surface area contributed by atoms with Crippen LogP contribution < -0.4 is 5.19 Å². The molecule has 0 amide bonds. The molecule has 1 unspecified atom stereocenters. The Morgan fingerprint density at radius 1 is 0.833 bits per heavy atom. The SMILES string of the molecule is CC(C)c1cc(-c2[c-]cccc2)ncc1[Si](C)(C)C.[Ir].[c-]1ccc2c(oc3ncccc32)c1-c1cc(CC2CC3CCC2CC3)ccn1. The number of furan rings is 1. The molecule has 48 heavy (non-hydrogen) atoms. The van der Waals surface area contributed by atoms with Crippen LogP contribution in [0.3, 0.4) is 0 Å². The van der Waals surface area contributed by atoms with Crippen molar-refractivity contribution in [3.8, 4) is 22.5 Å². The summed E-state index contributed by atoms with van der Waals surface area (Å²) < 4.78 is 6.09. The summed E-state index contributed by atoms with van der Waals surface area (Å²) in [5.41, 5.74) is 8.33. The fourth-order valence-electron chi connectivity index (χ4n) is 7.85.